The maximum atomic E-state index is 11.7. The van der Waals surface area contributed by atoms with Crippen LogP contribution < -0.4 is 21.7 Å². The summed E-state index contributed by atoms with van der Waals surface area (Å²) in [6.07, 6.45) is 0.971. The summed E-state index contributed by atoms with van der Waals surface area (Å²) in [4.78, 5) is 28.6. The maximum absolute atomic E-state index is 11.7. The lowest BCUT2D eigenvalue weighted by Gasteiger charge is -2.13. The molecule has 0 aliphatic heterocycles. The van der Waals surface area contributed by atoms with Crippen LogP contribution in [0.2, 0.25) is 0 Å². The molecule has 7 nitrogen and oxygen atoms in total. The minimum atomic E-state index is -0.602. The Labute approximate surface area is 109 Å². The first kappa shape index (κ1) is 14.2. The molecule has 0 bridgehead atoms. The van der Waals surface area contributed by atoms with Crippen molar-refractivity contribution in [3.05, 3.63) is 4.88 Å². The number of nitrogens with two attached hydrogens (primary N) is 2. The lowest BCUT2D eigenvalue weighted by Crippen LogP contribution is -2.33. The molecule has 0 aliphatic rings. The topological polar surface area (TPSA) is 114 Å². The Morgan fingerprint density at radius 3 is 2.72 bits per heavy atom. The van der Waals surface area contributed by atoms with Gasteiger partial charge in [-0.3, -0.25) is 9.59 Å². The Hall–Kier alpha value is -1.83. The standard InChI is InChI=1S/C10H17N5O2S/c1-3-4-15(2)10-14-8(12)7(18-10)9(17)13-5-6(11)16/h3-5,12H2,1-2H3,(H2,11,16)(H,13,17). The van der Waals surface area contributed by atoms with Crippen LogP contribution in [0, 0.1) is 0 Å². The van der Waals surface area contributed by atoms with E-state index in [1.165, 1.54) is 11.3 Å². The number of nitrogens with one attached hydrogen (secondary N) is 1. The Balaban J connectivity index is 2.77. The Morgan fingerprint density at radius 2 is 2.17 bits per heavy atom. The summed E-state index contributed by atoms with van der Waals surface area (Å²) in [7, 11) is 1.88. The molecule has 0 radical (unpaired) electrons. The van der Waals surface area contributed by atoms with Crippen LogP contribution in [0.3, 0.4) is 0 Å². The van der Waals surface area contributed by atoms with Gasteiger partial charge in [0.15, 0.2) is 5.13 Å². The van der Waals surface area contributed by atoms with Gasteiger partial charge in [-0.1, -0.05) is 18.3 Å². The SMILES string of the molecule is CCCN(C)c1nc(N)c(C(=O)NCC(N)=O)s1. The minimum absolute atomic E-state index is 0.167. The molecule has 2 amide bonds. The van der Waals surface area contributed by atoms with E-state index in [1.54, 1.807) is 0 Å². The van der Waals surface area contributed by atoms with Crippen molar-refractivity contribution >= 4 is 34.1 Å². The summed E-state index contributed by atoms with van der Waals surface area (Å²) in [6, 6.07) is 0. The maximum Gasteiger partial charge on any atom is 0.265 e. The van der Waals surface area contributed by atoms with Gasteiger partial charge in [-0.25, -0.2) is 4.98 Å². The van der Waals surface area contributed by atoms with Gasteiger partial charge in [0, 0.05) is 13.6 Å². The highest BCUT2D eigenvalue weighted by Crippen LogP contribution is 2.27. The summed E-state index contributed by atoms with van der Waals surface area (Å²) in [6.45, 7) is 2.67. The smallest absolute Gasteiger partial charge is 0.265 e. The first-order valence-electron chi connectivity index (χ1n) is 5.49. The van der Waals surface area contributed by atoms with Gasteiger partial charge in [0.2, 0.25) is 5.91 Å². The molecule has 8 heteroatoms. The summed E-state index contributed by atoms with van der Waals surface area (Å²) < 4.78 is 0. The summed E-state index contributed by atoms with van der Waals surface area (Å²) >= 11 is 1.19. The molecule has 18 heavy (non-hydrogen) atoms. The first-order valence-corrected chi connectivity index (χ1v) is 6.31. The number of rotatable bonds is 6. The monoisotopic (exact) mass is 271 g/mol. The van der Waals surface area contributed by atoms with Crippen LogP contribution in [0.5, 0.6) is 0 Å². The summed E-state index contributed by atoms with van der Waals surface area (Å²) in [5, 5.41) is 3.06. The molecule has 0 aliphatic carbocycles. The van der Waals surface area contributed by atoms with E-state index in [-0.39, 0.29) is 12.4 Å². The molecule has 1 rings (SSSR count). The lowest BCUT2D eigenvalue weighted by molar-refractivity contribution is -0.117. The Kier molecular flexibility index (Phi) is 4.90. The molecule has 0 fully saturated rings. The fraction of sp³-hybridized carbons (Fsp3) is 0.500. The molecule has 5 N–H and O–H groups in total. The number of hydrogen-bond acceptors (Lipinski definition) is 6. The van der Waals surface area contributed by atoms with Crippen molar-refractivity contribution in [2.75, 3.05) is 30.8 Å². The van der Waals surface area contributed by atoms with E-state index in [0.717, 1.165) is 13.0 Å². The molecule has 1 aromatic heterocycles. The third kappa shape index (κ3) is 3.59. The van der Waals surface area contributed by atoms with Gasteiger partial charge in [-0.15, -0.1) is 0 Å². The molecule has 0 saturated carbocycles. The number of aromatic nitrogens is 1. The van der Waals surface area contributed by atoms with Crippen molar-refractivity contribution < 1.29 is 9.59 Å². The number of carbonyl (C=O) groups excluding carboxylic acids is 2. The zero-order chi connectivity index (χ0) is 13.7. The second-order valence-electron chi connectivity index (χ2n) is 3.78. The van der Waals surface area contributed by atoms with Crippen molar-refractivity contribution in [3.8, 4) is 0 Å². The summed E-state index contributed by atoms with van der Waals surface area (Å²) in [5.41, 5.74) is 10.6. The quantitative estimate of drug-likeness (QED) is 0.662. The minimum Gasteiger partial charge on any atom is -0.382 e. The van der Waals surface area contributed by atoms with E-state index >= 15 is 0 Å². The van der Waals surface area contributed by atoms with Crippen molar-refractivity contribution in [1.29, 1.82) is 0 Å². The predicted octanol–water partition coefficient (Wildman–Crippen LogP) is -0.213. The molecular formula is C10H17N5O2S. The van der Waals surface area contributed by atoms with Gasteiger partial charge >= 0.3 is 0 Å². The highest BCUT2D eigenvalue weighted by molar-refractivity contribution is 7.18. The first-order chi connectivity index (χ1) is 8.45. The molecule has 0 aromatic carbocycles. The van der Waals surface area contributed by atoms with E-state index in [1.807, 2.05) is 18.9 Å². The molecule has 1 heterocycles. The van der Waals surface area contributed by atoms with E-state index < -0.39 is 11.8 Å². The second-order valence-corrected chi connectivity index (χ2v) is 4.76. The predicted molar refractivity (Wildman–Crippen MR) is 71.6 cm³/mol. The number of nitrogen functional groups attached to an aromatic ring is 1. The van der Waals surface area contributed by atoms with E-state index in [4.69, 9.17) is 11.5 Å². The number of primary amides is 1. The van der Waals surface area contributed by atoms with Gasteiger partial charge in [-0.2, -0.15) is 0 Å². The number of hydrogen-bond donors (Lipinski definition) is 3. The highest BCUT2D eigenvalue weighted by atomic mass is 32.1. The number of thiazole rings is 1. The van der Waals surface area contributed by atoms with Crippen molar-refractivity contribution in [2.24, 2.45) is 5.73 Å². The lowest BCUT2D eigenvalue weighted by atomic mass is 10.4. The van der Waals surface area contributed by atoms with Crippen LogP contribution in [0.15, 0.2) is 0 Å². The van der Waals surface area contributed by atoms with Gasteiger partial charge in [-0.05, 0) is 6.42 Å². The molecule has 0 atom stereocenters. The number of nitrogens with zero attached hydrogens (tertiary/aromatic N) is 2. The van der Waals surface area contributed by atoms with Gasteiger partial charge in [0.25, 0.3) is 5.91 Å². The third-order valence-corrected chi connectivity index (χ3v) is 3.34. The highest BCUT2D eigenvalue weighted by Gasteiger charge is 2.17. The average molecular weight is 271 g/mol. The molecule has 0 spiro atoms. The zero-order valence-electron chi connectivity index (χ0n) is 10.4. The van der Waals surface area contributed by atoms with Crippen LogP contribution >= 0.6 is 11.3 Å². The van der Waals surface area contributed by atoms with Crippen molar-refractivity contribution in [3.63, 3.8) is 0 Å². The fourth-order valence-corrected chi connectivity index (χ4v) is 2.21. The molecule has 0 saturated heterocycles. The molecule has 0 unspecified atom stereocenters. The summed E-state index contributed by atoms with van der Waals surface area (Å²) in [5.74, 6) is -0.866. The number of carbonyl (C=O) groups is 2. The van der Waals surface area contributed by atoms with E-state index in [2.05, 4.69) is 10.3 Å². The third-order valence-electron chi connectivity index (χ3n) is 2.16. The zero-order valence-corrected chi connectivity index (χ0v) is 11.2. The Morgan fingerprint density at radius 1 is 1.50 bits per heavy atom. The normalized spacial score (nSPS) is 10.1. The molecular weight excluding hydrogens is 254 g/mol. The van der Waals surface area contributed by atoms with Crippen LogP contribution in [-0.4, -0.2) is 36.9 Å². The number of amides is 2. The van der Waals surface area contributed by atoms with Gasteiger partial charge < -0.3 is 21.7 Å². The number of anilines is 2. The van der Waals surface area contributed by atoms with Crippen LogP contribution in [0.25, 0.3) is 0 Å². The molecule has 100 valence electrons. The Bertz CT molecular complexity index is 445. The molecule has 1 aromatic rings. The van der Waals surface area contributed by atoms with Crippen LogP contribution in [-0.2, 0) is 4.79 Å². The van der Waals surface area contributed by atoms with Crippen molar-refractivity contribution in [2.45, 2.75) is 13.3 Å². The largest absolute Gasteiger partial charge is 0.382 e. The second kappa shape index (κ2) is 6.20. The van der Waals surface area contributed by atoms with Gasteiger partial charge in [0.05, 0.1) is 6.54 Å². The van der Waals surface area contributed by atoms with E-state index in [9.17, 15) is 9.59 Å². The van der Waals surface area contributed by atoms with E-state index in [0.29, 0.717) is 10.0 Å². The fourth-order valence-electron chi connectivity index (χ4n) is 1.32. The van der Waals surface area contributed by atoms with Crippen molar-refractivity contribution in [1.82, 2.24) is 10.3 Å². The van der Waals surface area contributed by atoms with Crippen LogP contribution in [0.4, 0.5) is 10.9 Å². The average Bonchev–Trinajstić information content (AvgIpc) is 2.68. The van der Waals surface area contributed by atoms with Crippen LogP contribution in [0.1, 0.15) is 23.0 Å². The van der Waals surface area contributed by atoms with Gasteiger partial charge in [0.1, 0.15) is 10.7 Å².